The third-order valence-electron chi connectivity index (χ3n) is 2.53. The highest BCUT2D eigenvalue weighted by atomic mass is 16.5. The molecule has 1 atom stereocenters. The van der Waals surface area contributed by atoms with Crippen LogP contribution in [-0.2, 0) is 0 Å². The lowest BCUT2D eigenvalue weighted by Gasteiger charge is -2.08. The van der Waals surface area contributed by atoms with Crippen LogP contribution >= 0.6 is 0 Å². The van der Waals surface area contributed by atoms with E-state index in [-0.39, 0.29) is 6.04 Å². The van der Waals surface area contributed by atoms with E-state index in [0.717, 1.165) is 11.3 Å². The first kappa shape index (κ1) is 11.6. The van der Waals surface area contributed by atoms with E-state index in [1.165, 1.54) is 5.56 Å². The summed E-state index contributed by atoms with van der Waals surface area (Å²) in [5, 5.41) is 0. The highest BCUT2D eigenvalue weighted by Gasteiger charge is 2.03. The fraction of sp³-hybridized carbons (Fsp3) is 0.214. The molecule has 0 bridgehead atoms. The zero-order valence-electron chi connectivity index (χ0n) is 10.1. The smallest absolute Gasteiger partial charge is 0.219 e. The van der Waals surface area contributed by atoms with Crippen molar-refractivity contribution in [2.24, 2.45) is 5.73 Å². The minimum atomic E-state index is -0.0154. The molecule has 88 valence electrons. The number of hydrogen-bond acceptors (Lipinski definition) is 3. The fourth-order valence-electron chi connectivity index (χ4n) is 1.49. The lowest BCUT2D eigenvalue weighted by Crippen LogP contribution is -2.05. The van der Waals surface area contributed by atoms with Crippen LogP contribution in [0.25, 0.3) is 0 Å². The van der Waals surface area contributed by atoms with Crippen LogP contribution in [-0.4, -0.2) is 4.98 Å². The van der Waals surface area contributed by atoms with Crippen molar-refractivity contribution >= 4 is 0 Å². The Labute approximate surface area is 101 Å². The van der Waals surface area contributed by atoms with Gasteiger partial charge in [0.1, 0.15) is 5.75 Å². The van der Waals surface area contributed by atoms with Crippen LogP contribution in [0.2, 0.25) is 0 Å². The van der Waals surface area contributed by atoms with Gasteiger partial charge in [-0.3, -0.25) is 0 Å². The summed E-state index contributed by atoms with van der Waals surface area (Å²) in [4.78, 5) is 4.16. The maximum absolute atomic E-state index is 5.81. The summed E-state index contributed by atoms with van der Waals surface area (Å²) in [5.41, 5.74) is 8.03. The van der Waals surface area contributed by atoms with Crippen LogP contribution in [0.5, 0.6) is 11.6 Å². The van der Waals surface area contributed by atoms with Crippen LogP contribution in [0, 0.1) is 6.92 Å². The van der Waals surface area contributed by atoms with E-state index >= 15 is 0 Å². The first-order chi connectivity index (χ1) is 8.15. The molecule has 2 rings (SSSR count). The van der Waals surface area contributed by atoms with E-state index in [2.05, 4.69) is 4.98 Å². The van der Waals surface area contributed by atoms with Crippen LogP contribution in [0.4, 0.5) is 0 Å². The standard InChI is InChI=1S/C14H16N2O/c1-10-3-5-13(6-4-10)17-14-9-12(11(2)15)7-8-16-14/h3-9,11H,15H2,1-2H3/t11-/m0/s1. The number of aryl methyl sites for hydroxylation is 1. The summed E-state index contributed by atoms with van der Waals surface area (Å²) in [6.45, 7) is 3.98. The van der Waals surface area contributed by atoms with Gasteiger partial charge in [-0.2, -0.15) is 0 Å². The Balaban J connectivity index is 2.18. The average Bonchev–Trinajstić information content (AvgIpc) is 2.32. The SMILES string of the molecule is Cc1ccc(Oc2cc([C@H](C)N)ccn2)cc1. The zero-order valence-corrected chi connectivity index (χ0v) is 10.1. The Bertz CT molecular complexity index is 492. The summed E-state index contributed by atoms with van der Waals surface area (Å²) < 4.78 is 5.66. The van der Waals surface area contributed by atoms with E-state index in [9.17, 15) is 0 Å². The second kappa shape index (κ2) is 4.97. The Hall–Kier alpha value is -1.87. The number of nitrogens with two attached hydrogens (primary N) is 1. The molecule has 0 fully saturated rings. The summed E-state index contributed by atoms with van der Waals surface area (Å²) in [6, 6.07) is 11.6. The van der Waals surface area contributed by atoms with Gasteiger partial charge in [-0.25, -0.2) is 4.98 Å². The van der Waals surface area contributed by atoms with Gasteiger partial charge in [-0.15, -0.1) is 0 Å². The molecular formula is C14H16N2O. The van der Waals surface area contributed by atoms with Crippen molar-refractivity contribution < 1.29 is 4.74 Å². The minimum Gasteiger partial charge on any atom is -0.439 e. The lowest BCUT2D eigenvalue weighted by atomic mass is 10.1. The molecule has 1 aromatic heterocycles. The van der Waals surface area contributed by atoms with Crippen molar-refractivity contribution in [2.45, 2.75) is 19.9 Å². The highest BCUT2D eigenvalue weighted by Crippen LogP contribution is 2.21. The highest BCUT2D eigenvalue weighted by molar-refractivity contribution is 5.31. The molecule has 0 saturated carbocycles. The molecule has 3 nitrogen and oxygen atoms in total. The molecule has 1 heterocycles. The number of nitrogens with zero attached hydrogens (tertiary/aromatic N) is 1. The molecule has 2 aromatic rings. The normalized spacial score (nSPS) is 12.2. The van der Waals surface area contributed by atoms with E-state index < -0.39 is 0 Å². The fourth-order valence-corrected chi connectivity index (χ4v) is 1.49. The van der Waals surface area contributed by atoms with E-state index in [1.807, 2.05) is 50.2 Å². The number of ether oxygens (including phenoxy) is 1. The van der Waals surface area contributed by atoms with Crippen LogP contribution < -0.4 is 10.5 Å². The molecule has 0 aliphatic rings. The van der Waals surface area contributed by atoms with Gasteiger partial charge in [0.15, 0.2) is 0 Å². The molecule has 2 N–H and O–H groups in total. The summed E-state index contributed by atoms with van der Waals surface area (Å²) in [5.74, 6) is 1.36. The van der Waals surface area contributed by atoms with Crippen molar-refractivity contribution in [3.8, 4) is 11.6 Å². The average molecular weight is 228 g/mol. The van der Waals surface area contributed by atoms with Gasteiger partial charge in [0, 0.05) is 18.3 Å². The van der Waals surface area contributed by atoms with Gasteiger partial charge >= 0.3 is 0 Å². The predicted octanol–water partition coefficient (Wildman–Crippen LogP) is 3.20. The first-order valence-corrected chi connectivity index (χ1v) is 5.61. The van der Waals surface area contributed by atoms with E-state index in [1.54, 1.807) is 6.20 Å². The van der Waals surface area contributed by atoms with Gasteiger partial charge < -0.3 is 10.5 Å². The number of benzene rings is 1. The van der Waals surface area contributed by atoms with Crippen molar-refractivity contribution in [3.63, 3.8) is 0 Å². The number of aromatic nitrogens is 1. The lowest BCUT2D eigenvalue weighted by molar-refractivity contribution is 0.461. The van der Waals surface area contributed by atoms with Gasteiger partial charge in [0.25, 0.3) is 0 Å². The van der Waals surface area contributed by atoms with Gasteiger partial charge in [-0.05, 0) is 37.6 Å². The molecule has 0 saturated heterocycles. The zero-order chi connectivity index (χ0) is 12.3. The van der Waals surface area contributed by atoms with Gasteiger partial charge in [0.05, 0.1) is 0 Å². The largest absolute Gasteiger partial charge is 0.439 e. The third kappa shape index (κ3) is 3.04. The van der Waals surface area contributed by atoms with Gasteiger partial charge in [-0.1, -0.05) is 17.7 Å². The molecule has 0 spiro atoms. The molecular weight excluding hydrogens is 212 g/mol. The third-order valence-corrected chi connectivity index (χ3v) is 2.53. The summed E-state index contributed by atoms with van der Waals surface area (Å²) in [6.07, 6.45) is 1.71. The van der Waals surface area contributed by atoms with Crippen LogP contribution in [0.3, 0.4) is 0 Å². The Morgan fingerprint density at radius 1 is 1.18 bits per heavy atom. The Morgan fingerprint density at radius 3 is 2.53 bits per heavy atom. The Morgan fingerprint density at radius 2 is 1.88 bits per heavy atom. The first-order valence-electron chi connectivity index (χ1n) is 5.61. The minimum absolute atomic E-state index is 0.0154. The van der Waals surface area contributed by atoms with Crippen molar-refractivity contribution in [1.29, 1.82) is 0 Å². The molecule has 0 aliphatic carbocycles. The molecule has 0 aliphatic heterocycles. The summed E-state index contributed by atoms with van der Waals surface area (Å²) >= 11 is 0. The van der Waals surface area contributed by atoms with Gasteiger partial charge in [0.2, 0.25) is 5.88 Å². The van der Waals surface area contributed by atoms with E-state index in [4.69, 9.17) is 10.5 Å². The molecule has 3 heteroatoms. The number of rotatable bonds is 3. The number of hydrogen-bond donors (Lipinski definition) is 1. The molecule has 0 radical (unpaired) electrons. The number of pyridine rings is 1. The second-order valence-corrected chi connectivity index (χ2v) is 4.13. The Kier molecular flexibility index (Phi) is 3.40. The van der Waals surface area contributed by atoms with Crippen molar-refractivity contribution in [1.82, 2.24) is 4.98 Å². The molecule has 0 amide bonds. The summed E-state index contributed by atoms with van der Waals surface area (Å²) in [7, 11) is 0. The molecule has 0 unspecified atom stereocenters. The van der Waals surface area contributed by atoms with Crippen molar-refractivity contribution in [2.75, 3.05) is 0 Å². The maximum atomic E-state index is 5.81. The molecule has 1 aromatic carbocycles. The predicted molar refractivity (Wildman–Crippen MR) is 68.1 cm³/mol. The quantitative estimate of drug-likeness (QED) is 0.877. The van der Waals surface area contributed by atoms with Crippen LogP contribution in [0.1, 0.15) is 24.1 Å². The molecule has 17 heavy (non-hydrogen) atoms. The monoisotopic (exact) mass is 228 g/mol. The second-order valence-electron chi connectivity index (χ2n) is 4.13. The topological polar surface area (TPSA) is 48.1 Å². The van der Waals surface area contributed by atoms with Crippen molar-refractivity contribution in [3.05, 3.63) is 53.7 Å². The van der Waals surface area contributed by atoms with Crippen LogP contribution in [0.15, 0.2) is 42.6 Å². The van der Waals surface area contributed by atoms with E-state index in [0.29, 0.717) is 5.88 Å². The maximum Gasteiger partial charge on any atom is 0.219 e.